The predicted molar refractivity (Wildman–Crippen MR) is 58.6 cm³/mol. The van der Waals surface area contributed by atoms with Gasteiger partial charge in [0, 0.05) is 19.0 Å². The van der Waals surface area contributed by atoms with Crippen LogP contribution >= 0.6 is 0 Å². The second-order valence-electron chi connectivity index (χ2n) is 3.22. The second kappa shape index (κ2) is 6.60. The van der Waals surface area contributed by atoms with E-state index in [9.17, 15) is 4.79 Å². The van der Waals surface area contributed by atoms with Crippen molar-refractivity contribution in [1.82, 2.24) is 9.97 Å². The van der Waals surface area contributed by atoms with E-state index in [1.165, 1.54) is 6.33 Å². The number of unbranched alkanes of at least 4 members (excludes halogenated alkanes) is 1. The SMILES string of the molecule is COc1cc(NCCCCC(=O)O)ncn1. The molecule has 1 heterocycles. The number of hydrogen-bond acceptors (Lipinski definition) is 5. The Morgan fingerprint density at radius 3 is 3.00 bits per heavy atom. The highest BCUT2D eigenvalue weighted by molar-refractivity contribution is 5.66. The smallest absolute Gasteiger partial charge is 0.303 e. The van der Waals surface area contributed by atoms with E-state index in [2.05, 4.69) is 15.3 Å². The summed E-state index contributed by atoms with van der Waals surface area (Å²) in [6.07, 6.45) is 3.07. The maximum atomic E-state index is 10.3. The van der Waals surface area contributed by atoms with Crippen LogP contribution in [-0.4, -0.2) is 34.7 Å². The van der Waals surface area contributed by atoms with Gasteiger partial charge in [-0.3, -0.25) is 4.79 Å². The molecule has 0 atom stereocenters. The van der Waals surface area contributed by atoms with Crippen molar-refractivity contribution < 1.29 is 14.6 Å². The van der Waals surface area contributed by atoms with Crippen molar-refractivity contribution in [3.8, 4) is 5.88 Å². The highest BCUT2D eigenvalue weighted by Gasteiger charge is 1.99. The third-order valence-electron chi connectivity index (χ3n) is 1.97. The Morgan fingerprint density at radius 1 is 1.50 bits per heavy atom. The molecule has 0 bridgehead atoms. The van der Waals surface area contributed by atoms with E-state index in [4.69, 9.17) is 9.84 Å². The molecule has 6 heteroatoms. The van der Waals surface area contributed by atoms with Crippen LogP contribution in [-0.2, 0) is 4.79 Å². The zero-order valence-electron chi connectivity index (χ0n) is 9.14. The van der Waals surface area contributed by atoms with Gasteiger partial charge in [0.15, 0.2) is 0 Å². The van der Waals surface area contributed by atoms with Crippen molar-refractivity contribution in [2.24, 2.45) is 0 Å². The minimum atomic E-state index is -0.760. The lowest BCUT2D eigenvalue weighted by molar-refractivity contribution is -0.137. The third-order valence-corrected chi connectivity index (χ3v) is 1.97. The number of nitrogens with one attached hydrogen (secondary N) is 1. The molecule has 1 aromatic rings. The van der Waals surface area contributed by atoms with Gasteiger partial charge in [-0.2, -0.15) is 0 Å². The summed E-state index contributed by atoms with van der Waals surface area (Å²) in [7, 11) is 1.54. The van der Waals surface area contributed by atoms with Gasteiger partial charge < -0.3 is 15.2 Å². The van der Waals surface area contributed by atoms with E-state index in [0.717, 1.165) is 6.42 Å². The summed E-state index contributed by atoms with van der Waals surface area (Å²) in [5.74, 6) is 0.425. The molecule has 0 fully saturated rings. The summed E-state index contributed by atoms with van der Waals surface area (Å²) in [6, 6.07) is 1.69. The van der Waals surface area contributed by atoms with Gasteiger partial charge >= 0.3 is 5.97 Å². The van der Waals surface area contributed by atoms with Gasteiger partial charge in [0.25, 0.3) is 0 Å². The van der Waals surface area contributed by atoms with E-state index in [1.807, 2.05) is 0 Å². The Hall–Kier alpha value is -1.85. The molecule has 16 heavy (non-hydrogen) atoms. The lowest BCUT2D eigenvalue weighted by atomic mass is 10.2. The molecule has 0 amide bonds. The second-order valence-corrected chi connectivity index (χ2v) is 3.22. The molecule has 1 aromatic heterocycles. The fourth-order valence-corrected chi connectivity index (χ4v) is 1.17. The largest absolute Gasteiger partial charge is 0.481 e. The molecule has 0 aliphatic rings. The van der Waals surface area contributed by atoms with Gasteiger partial charge in [-0.25, -0.2) is 9.97 Å². The summed E-state index contributed by atoms with van der Waals surface area (Å²) in [4.78, 5) is 18.1. The fourth-order valence-electron chi connectivity index (χ4n) is 1.17. The Balaban J connectivity index is 2.23. The van der Waals surface area contributed by atoms with Crippen LogP contribution in [0, 0.1) is 0 Å². The Labute approximate surface area is 93.7 Å². The van der Waals surface area contributed by atoms with Gasteiger partial charge in [0.05, 0.1) is 7.11 Å². The molecule has 0 radical (unpaired) electrons. The third kappa shape index (κ3) is 4.59. The zero-order valence-corrected chi connectivity index (χ0v) is 9.14. The Morgan fingerprint density at radius 2 is 2.31 bits per heavy atom. The average molecular weight is 225 g/mol. The van der Waals surface area contributed by atoms with Gasteiger partial charge in [-0.05, 0) is 12.8 Å². The van der Waals surface area contributed by atoms with Crippen LogP contribution in [0.2, 0.25) is 0 Å². The van der Waals surface area contributed by atoms with Crippen molar-refractivity contribution in [3.63, 3.8) is 0 Å². The molecule has 0 aliphatic heterocycles. The number of aromatic nitrogens is 2. The van der Waals surface area contributed by atoms with Gasteiger partial charge in [0.1, 0.15) is 12.1 Å². The van der Waals surface area contributed by atoms with Crippen LogP contribution in [0.3, 0.4) is 0 Å². The quantitative estimate of drug-likeness (QED) is 0.677. The lowest BCUT2D eigenvalue weighted by Gasteiger charge is -2.05. The first-order valence-electron chi connectivity index (χ1n) is 5.04. The van der Waals surface area contributed by atoms with Crippen molar-refractivity contribution in [1.29, 1.82) is 0 Å². The number of anilines is 1. The average Bonchev–Trinajstić information content (AvgIpc) is 2.28. The van der Waals surface area contributed by atoms with Crippen molar-refractivity contribution in [3.05, 3.63) is 12.4 Å². The molecule has 6 nitrogen and oxygen atoms in total. The van der Waals surface area contributed by atoms with E-state index in [-0.39, 0.29) is 6.42 Å². The topological polar surface area (TPSA) is 84.3 Å². The van der Waals surface area contributed by atoms with Crippen molar-refractivity contribution in [2.75, 3.05) is 19.0 Å². The highest BCUT2D eigenvalue weighted by Crippen LogP contribution is 2.10. The Kier molecular flexibility index (Phi) is 5.04. The summed E-state index contributed by atoms with van der Waals surface area (Å²) >= 11 is 0. The first-order valence-corrected chi connectivity index (χ1v) is 5.04. The predicted octanol–water partition coefficient (Wildman–Crippen LogP) is 1.15. The van der Waals surface area contributed by atoms with Crippen LogP contribution in [0.15, 0.2) is 12.4 Å². The van der Waals surface area contributed by atoms with Crippen LogP contribution in [0.4, 0.5) is 5.82 Å². The molecular weight excluding hydrogens is 210 g/mol. The molecule has 2 N–H and O–H groups in total. The molecule has 88 valence electrons. The molecule has 0 aliphatic carbocycles. The lowest BCUT2D eigenvalue weighted by Crippen LogP contribution is -2.05. The molecule has 0 saturated carbocycles. The molecule has 0 spiro atoms. The van der Waals surface area contributed by atoms with E-state index in [1.54, 1.807) is 13.2 Å². The summed E-state index contributed by atoms with van der Waals surface area (Å²) < 4.78 is 4.94. The van der Waals surface area contributed by atoms with Gasteiger partial charge in [0.2, 0.25) is 5.88 Å². The Bertz CT molecular complexity index is 344. The molecule has 0 aromatic carbocycles. The summed E-state index contributed by atoms with van der Waals surface area (Å²) in [5, 5.41) is 11.5. The van der Waals surface area contributed by atoms with Crippen LogP contribution < -0.4 is 10.1 Å². The number of aliphatic carboxylic acids is 1. The van der Waals surface area contributed by atoms with E-state index < -0.39 is 5.97 Å². The van der Waals surface area contributed by atoms with Crippen LogP contribution in [0.5, 0.6) is 5.88 Å². The number of carbonyl (C=O) groups is 1. The maximum absolute atomic E-state index is 10.3. The molecular formula is C10H15N3O3. The van der Waals surface area contributed by atoms with E-state index >= 15 is 0 Å². The first kappa shape index (κ1) is 12.2. The number of ether oxygens (including phenoxy) is 1. The summed E-state index contributed by atoms with van der Waals surface area (Å²) in [6.45, 7) is 0.688. The monoisotopic (exact) mass is 225 g/mol. The standard InChI is InChI=1S/C10H15N3O3/c1-16-9-6-8(12-7-13-9)11-5-3-2-4-10(14)15/h6-7H,2-5H2,1H3,(H,14,15)(H,11,12,13). The fraction of sp³-hybridized carbons (Fsp3) is 0.500. The maximum Gasteiger partial charge on any atom is 0.303 e. The number of nitrogens with zero attached hydrogens (tertiary/aromatic N) is 2. The van der Waals surface area contributed by atoms with Crippen molar-refractivity contribution in [2.45, 2.75) is 19.3 Å². The first-order chi connectivity index (χ1) is 7.72. The number of carboxylic acid groups (broad SMARTS) is 1. The van der Waals surface area contributed by atoms with Gasteiger partial charge in [-0.15, -0.1) is 0 Å². The molecule has 0 saturated heterocycles. The minimum Gasteiger partial charge on any atom is -0.481 e. The normalized spacial score (nSPS) is 9.81. The number of rotatable bonds is 7. The number of carboxylic acids is 1. The molecule has 0 unspecified atom stereocenters. The zero-order chi connectivity index (χ0) is 11.8. The van der Waals surface area contributed by atoms with E-state index in [0.29, 0.717) is 24.7 Å². The number of hydrogen-bond donors (Lipinski definition) is 2. The van der Waals surface area contributed by atoms with Crippen molar-refractivity contribution >= 4 is 11.8 Å². The van der Waals surface area contributed by atoms with Crippen LogP contribution in [0.25, 0.3) is 0 Å². The number of methoxy groups -OCH3 is 1. The molecule has 1 rings (SSSR count). The summed E-state index contributed by atoms with van der Waals surface area (Å²) in [5.41, 5.74) is 0. The highest BCUT2D eigenvalue weighted by atomic mass is 16.5. The van der Waals surface area contributed by atoms with Gasteiger partial charge in [-0.1, -0.05) is 0 Å². The van der Waals surface area contributed by atoms with Crippen LogP contribution in [0.1, 0.15) is 19.3 Å². The minimum absolute atomic E-state index is 0.203.